The topological polar surface area (TPSA) is 113 Å². The third-order valence-corrected chi connectivity index (χ3v) is 10.8. The zero-order valence-corrected chi connectivity index (χ0v) is 34.7. The molecule has 0 radical (unpaired) electrons. The Morgan fingerprint density at radius 1 is 0.763 bits per heavy atom. The fourth-order valence-electron chi connectivity index (χ4n) is 7.78. The Labute approximate surface area is 346 Å². The molecule has 3 amide bonds. The lowest BCUT2D eigenvalue weighted by Gasteiger charge is -2.33. The number of rotatable bonds is 16. The molecular formula is C48H55F2N5O4. The van der Waals surface area contributed by atoms with Gasteiger partial charge in [-0.3, -0.25) is 9.59 Å². The van der Waals surface area contributed by atoms with E-state index in [1.807, 2.05) is 92.8 Å². The Morgan fingerprint density at radius 3 is 2.05 bits per heavy atom. The first-order valence-corrected chi connectivity index (χ1v) is 20.3. The fourth-order valence-corrected chi connectivity index (χ4v) is 7.78. The lowest BCUT2D eigenvalue weighted by atomic mass is 9.84. The van der Waals surface area contributed by atoms with Crippen molar-refractivity contribution in [3.63, 3.8) is 0 Å². The average Bonchev–Trinajstić information content (AvgIpc) is 3.76. The summed E-state index contributed by atoms with van der Waals surface area (Å²) in [5, 5.41) is 12.0. The van der Waals surface area contributed by atoms with Gasteiger partial charge in [-0.25, -0.2) is 13.6 Å². The molecular weight excluding hydrogens is 749 g/mol. The molecule has 6 rings (SSSR count). The van der Waals surface area contributed by atoms with Crippen LogP contribution in [-0.2, 0) is 20.9 Å². The molecule has 0 saturated carbocycles. The third-order valence-electron chi connectivity index (χ3n) is 10.8. The molecule has 0 fully saturated rings. The molecule has 0 bridgehead atoms. The molecule has 9 nitrogen and oxygen atoms in total. The Hall–Kier alpha value is -5.81. The van der Waals surface area contributed by atoms with Gasteiger partial charge in [0.2, 0.25) is 11.8 Å². The molecule has 59 heavy (non-hydrogen) atoms. The second-order valence-electron chi connectivity index (χ2n) is 16.7. The van der Waals surface area contributed by atoms with Gasteiger partial charge < -0.3 is 30.6 Å². The first-order valence-electron chi connectivity index (χ1n) is 20.3. The third kappa shape index (κ3) is 10.4. The molecule has 3 atom stereocenters. The van der Waals surface area contributed by atoms with Crippen LogP contribution in [0, 0.1) is 23.0 Å². The predicted octanol–water partition coefficient (Wildman–Crippen LogP) is 8.73. The molecule has 4 N–H and O–H groups in total. The molecule has 0 spiro atoms. The second-order valence-corrected chi connectivity index (χ2v) is 16.7. The van der Waals surface area contributed by atoms with E-state index in [0.29, 0.717) is 31.6 Å². The number of carbonyl (C=O) groups is 3. The highest BCUT2D eigenvalue weighted by Gasteiger charge is 2.32. The fraction of sp³-hybridized carbons (Fsp3) is 0.354. The summed E-state index contributed by atoms with van der Waals surface area (Å²) < 4.78 is 36.9. The number of alkyl carbamates (subject to hydrolysis) is 1. The maximum absolute atomic E-state index is 14.9. The number of carbonyl (C=O) groups excluding carboxylic acids is 3. The number of aromatic nitrogens is 1. The van der Waals surface area contributed by atoms with Gasteiger partial charge in [0.15, 0.2) is 0 Å². The quantitative estimate of drug-likeness (QED) is 0.0746. The van der Waals surface area contributed by atoms with Crippen LogP contribution in [0.3, 0.4) is 0 Å². The molecule has 5 aromatic rings. The summed E-state index contributed by atoms with van der Waals surface area (Å²) in [6.07, 6.45) is 1.75. The Balaban J connectivity index is 1.01. The average molecular weight is 804 g/mol. The van der Waals surface area contributed by atoms with E-state index >= 15 is 0 Å². The van der Waals surface area contributed by atoms with Gasteiger partial charge in [0.05, 0.1) is 6.04 Å². The maximum atomic E-state index is 14.9. The van der Waals surface area contributed by atoms with Gasteiger partial charge >= 0.3 is 6.09 Å². The molecule has 0 saturated heterocycles. The van der Waals surface area contributed by atoms with Gasteiger partial charge in [0.25, 0.3) is 0 Å². The minimum atomic E-state index is -0.918. The summed E-state index contributed by atoms with van der Waals surface area (Å²) in [6, 6.07) is 29.5. The number of ether oxygens (including phenoxy) is 1. The minimum Gasteiger partial charge on any atom is -0.449 e. The van der Waals surface area contributed by atoms with Crippen molar-refractivity contribution < 1.29 is 27.9 Å². The van der Waals surface area contributed by atoms with Crippen molar-refractivity contribution in [2.24, 2.45) is 11.3 Å². The highest BCUT2D eigenvalue weighted by atomic mass is 19.1. The summed E-state index contributed by atoms with van der Waals surface area (Å²) >= 11 is 0. The van der Waals surface area contributed by atoms with E-state index in [-0.39, 0.29) is 41.4 Å². The van der Waals surface area contributed by atoms with Crippen molar-refractivity contribution in [1.82, 2.24) is 25.8 Å². The lowest BCUT2D eigenvalue weighted by Crippen LogP contribution is -2.54. The molecule has 0 aliphatic heterocycles. The lowest BCUT2D eigenvalue weighted by molar-refractivity contribution is -0.130. The van der Waals surface area contributed by atoms with E-state index in [1.54, 1.807) is 6.92 Å². The SMILES string of the molecule is CC(C)[C@H](NC(=O)OCC1c2ccccc2-c2ccccc21)C(=O)N[C@@H](C)C(=O)NCCCN[C@@H](c1cc(-c2cc(F)ccc2F)cn1Cc1ccccc1)C(C)(C)C. The van der Waals surface area contributed by atoms with Crippen LogP contribution in [0.25, 0.3) is 22.3 Å². The van der Waals surface area contributed by atoms with Crippen LogP contribution in [0.4, 0.5) is 13.6 Å². The number of amides is 3. The van der Waals surface area contributed by atoms with Gasteiger partial charge in [-0.05, 0) is 83.3 Å². The van der Waals surface area contributed by atoms with E-state index in [4.69, 9.17) is 4.74 Å². The van der Waals surface area contributed by atoms with Gasteiger partial charge in [-0.2, -0.15) is 0 Å². The molecule has 0 unspecified atom stereocenters. The van der Waals surface area contributed by atoms with Gasteiger partial charge in [-0.1, -0.05) is 113 Å². The summed E-state index contributed by atoms with van der Waals surface area (Å²) in [7, 11) is 0. The van der Waals surface area contributed by atoms with E-state index < -0.39 is 35.7 Å². The van der Waals surface area contributed by atoms with Crippen molar-refractivity contribution >= 4 is 17.9 Å². The van der Waals surface area contributed by atoms with Crippen LogP contribution in [0.2, 0.25) is 0 Å². The first kappa shape index (κ1) is 42.8. The Morgan fingerprint density at radius 2 is 1.41 bits per heavy atom. The largest absolute Gasteiger partial charge is 0.449 e. The number of hydrogen-bond donors (Lipinski definition) is 4. The molecule has 4 aromatic carbocycles. The van der Waals surface area contributed by atoms with Crippen LogP contribution in [-0.4, -0.2) is 54.3 Å². The second kappa shape index (κ2) is 18.8. The smallest absolute Gasteiger partial charge is 0.407 e. The predicted molar refractivity (Wildman–Crippen MR) is 228 cm³/mol. The molecule has 1 heterocycles. The summed E-state index contributed by atoms with van der Waals surface area (Å²) in [5.74, 6) is -2.23. The van der Waals surface area contributed by atoms with Crippen LogP contribution < -0.4 is 21.3 Å². The van der Waals surface area contributed by atoms with Gasteiger partial charge in [0, 0.05) is 42.0 Å². The normalized spacial score (nSPS) is 13.9. The van der Waals surface area contributed by atoms with Crippen molar-refractivity contribution in [3.8, 4) is 22.3 Å². The highest BCUT2D eigenvalue weighted by Crippen LogP contribution is 2.44. The van der Waals surface area contributed by atoms with Crippen LogP contribution in [0.15, 0.2) is 109 Å². The standard InChI is InChI=1S/C48H55F2N5O4/c1-30(2)43(54-47(58)59-29-40-37-19-12-10-17-35(37)36-18-11-13-20-38(36)40)46(57)53-31(3)45(56)52-24-14-23-51-44(48(4,5)6)42-25-33(39-26-34(49)21-22-41(39)50)28-55(42)27-32-15-8-7-9-16-32/h7-13,15-22,25-26,28,30-31,40,43-44,51H,14,23-24,27,29H2,1-6H3,(H,52,56)(H,53,57)(H,54,58)/t31-,43-,44-/m0/s1. The zero-order valence-electron chi connectivity index (χ0n) is 34.7. The van der Waals surface area contributed by atoms with Crippen molar-refractivity contribution in [2.45, 2.75) is 78.6 Å². The van der Waals surface area contributed by atoms with Crippen molar-refractivity contribution in [3.05, 3.63) is 143 Å². The van der Waals surface area contributed by atoms with Crippen LogP contribution >= 0.6 is 0 Å². The zero-order chi connectivity index (χ0) is 42.3. The summed E-state index contributed by atoms with van der Waals surface area (Å²) in [5.41, 5.74) is 6.92. The Bertz CT molecular complexity index is 2200. The number of benzene rings is 4. The monoisotopic (exact) mass is 803 g/mol. The van der Waals surface area contributed by atoms with E-state index in [1.165, 1.54) is 6.07 Å². The number of hydrogen-bond acceptors (Lipinski definition) is 5. The van der Waals surface area contributed by atoms with Crippen molar-refractivity contribution in [2.75, 3.05) is 19.7 Å². The molecule has 1 aliphatic carbocycles. The minimum absolute atomic E-state index is 0.116. The molecule has 310 valence electrons. The molecule has 11 heteroatoms. The number of nitrogens with zero attached hydrogens (tertiary/aromatic N) is 1. The molecule has 1 aromatic heterocycles. The first-order chi connectivity index (χ1) is 28.2. The van der Waals surface area contributed by atoms with E-state index in [2.05, 4.69) is 58.7 Å². The van der Waals surface area contributed by atoms with E-state index in [9.17, 15) is 23.2 Å². The summed E-state index contributed by atoms with van der Waals surface area (Å²) in [6.45, 7) is 13.1. The van der Waals surface area contributed by atoms with Crippen LogP contribution in [0.1, 0.15) is 82.3 Å². The molecule has 1 aliphatic rings. The van der Waals surface area contributed by atoms with E-state index in [0.717, 1.165) is 45.6 Å². The van der Waals surface area contributed by atoms with Crippen LogP contribution in [0.5, 0.6) is 0 Å². The van der Waals surface area contributed by atoms with Gasteiger partial charge in [-0.15, -0.1) is 0 Å². The summed E-state index contributed by atoms with van der Waals surface area (Å²) in [4.78, 5) is 39.5. The van der Waals surface area contributed by atoms with Gasteiger partial charge in [0.1, 0.15) is 30.3 Å². The number of nitrogens with one attached hydrogen (secondary N) is 4. The Kier molecular flexibility index (Phi) is 13.7. The number of fused-ring (bicyclic) bond motifs is 3. The highest BCUT2D eigenvalue weighted by molar-refractivity contribution is 5.91. The number of halogens is 2. The van der Waals surface area contributed by atoms with Crippen molar-refractivity contribution in [1.29, 1.82) is 0 Å². The maximum Gasteiger partial charge on any atom is 0.407 e.